The highest BCUT2D eigenvalue weighted by Crippen LogP contribution is 2.35. The second kappa shape index (κ2) is 9.06. The van der Waals surface area contributed by atoms with Gasteiger partial charge in [-0.3, -0.25) is 4.79 Å². The van der Waals surface area contributed by atoms with Crippen LogP contribution in [0.15, 0.2) is 59.6 Å². The molecule has 12 heteroatoms. The maximum atomic E-state index is 13.2. The van der Waals surface area contributed by atoms with E-state index in [9.17, 15) is 22.4 Å². The number of carbonyl (C=O) groups excluding carboxylic acids is 1. The lowest BCUT2D eigenvalue weighted by Gasteiger charge is -2.13. The third-order valence-corrected chi connectivity index (χ3v) is 5.41. The number of hydrogen-bond donors (Lipinski definition) is 1. The van der Waals surface area contributed by atoms with Gasteiger partial charge in [-0.05, 0) is 54.6 Å². The third kappa shape index (κ3) is 5.06. The van der Waals surface area contributed by atoms with Crippen molar-refractivity contribution in [1.82, 2.24) is 19.8 Å². The van der Waals surface area contributed by atoms with Gasteiger partial charge in [-0.25, -0.2) is 4.39 Å². The van der Waals surface area contributed by atoms with Gasteiger partial charge in [0, 0.05) is 5.56 Å². The summed E-state index contributed by atoms with van der Waals surface area (Å²) in [6.45, 7) is 0. The molecule has 0 radical (unpaired) electrons. The molecule has 0 spiro atoms. The molecule has 0 fully saturated rings. The number of rotatable bonds is 6. The second-order valence-corrected chi connectivity index (χ2v) is 7.72. The van der Waals surface area contributed by atoms with E-state index >= 15 is 0 Å². The molecule has 0 aliphatic carbocycles. The molecule has 2 heterocycles. The first kappa shape index (κ1) is 22.5. The van der Waals surface area contributed by atoms with Crippen LogP contribution >= 0.6 is 11.8 Å². The summed E-state index contributed by atoms with van der Waals surface area (Å²) in [5, 5.41) is 15.4. The van der Waals surface area contributed by atoms with Crippen LogP contribution in [0.1, 0.15) is 5.56 Å². The largest absolute Gasteiger partial charge is 0.495 e. The van der Waals surface area contributed by atoms with Gasteiger partial charge in [0.1, 0.15) is 16.6 Å². The second-order valence-electron chi connectivity index (χ2n) is 6.72. The van der Waals surface area contributed by atoms with Gasteiger partial charge in [0.2, 0.25) is 5.91 Å². The van der Waals surface area contributed by atoms with Crippen molar-refractivity contribution in [2.75, 3.05) is 18.2 Å². The van der Waals surface area contributed by atoms with Crippen molar-refractivity contribution in [3.63, 3.8) is 0 Å². The van der Waals surface area contributed by atoms with Gasteiger partial charge in [0.05, 0.1) is 24.1 Å². The smallest absolute Gasteiger partial charge is 0.416 e. The molecule has 170 valence electrons. The Balaban J connectivity index is 1.49. The number of aromatic nitrogens is 4. The summed E-state index contributed by atoms with van der Waals surface area (Å²) >= 11 is 1.07. The number of thioether (sulfide) groups is 1. The van der Waals surface area contributed by atoms with Gasteiger partial charge in [-0.2, -0.15) is 22.8 Å². The summed E-state index contributed by atoms with van der Waals surface area (Å²) in [5.74, 6) is -0.548. The van der Waals surface area contributed by atoms with Crippen molar-refractivity contribution < 1.29 is 27.1 Å². The first-order valence-electron chi connectivity index (χ1n) is 9.41. The molecule has 0 aliphatic rings. The predicted octanol–water partition coefficient (Wildman–Crippen LogP) is 4.69. The van der Waals surface area contributed by atoms with E-state index in [1.807, 2.05) is 0 Å². The summed E-state index contributed by atoms with van der Waals surface area (Å²) < 4.78 is 58.7. The number of hydrogen-bond acceptors (Lipinski definition) is 6. The number of halogens is 4. The quantitative estimate of drug-likeness (QED) is 0.321. The monoisotopic (exact) mass is 477 g/mol. The van der Waals surface area contributed by atoms with Gasteiger partial charge in [-0.1, -0.05) is 11.8 Å². The van der Waals surface area contributed by atoms with Crippen LogP contribution in [-0.4, -0.2) is 38.6 Å². The number of carbonyl (C=O) groups is 1. The fraction of sp³-hybridized carbons (Fsp3) is 0.143. The molecule has 0 bridgehead atoms. The van der Waals surface area contributed by atoms with Crippen molar-refractivity contribution in [3.05, 3.63) is 66.0 Å². The Morgan fingerprint density at radius 1 is 1.09 bits per heavy atom. The third-order valence-electron chi connectivity index (χ3n) is 4.49. The highest BCUT2D eigenvalue weighted by atomic mass is 32.2. The molecule has 2 aromatic heterocycles. The highest BCUT2D eigenvalue weighted by molar-refractivity contribution is 7.99. The number of nitrogens with one attached hydrogen (secondary N) is 1. The van der Waals surface area contributed by atoms with E-state index in [-0.39, 0.29) is 23.0 Å². The molecular weight excluding hydrogens is 462 g/mol. The van der Waals surface area contributed by atoms with Crippen LogP contribution in [0.2, 0.25) is 0 Å². The SMILES string of the molecule is COc1ccc(C(F)(F)F)cc1NC(=O)CSc1ccc2nnc(-c3ccc(F)cc3)n2n1. The van der Waals surface area contributed by atoms with Gasteiger partial charge in [0.15, 0.2) is 11.5 Å². The maximum Gasteiger partial charge on any atom is 0.416 e. The minimum absolute atomic E-state index is 0.0845. The summed E-state index contributed by atoms with van der Waals surface area (Å²) in [6.07, 6.45) is -4.55. The molecule has 0 saturated heterocycles. The van der Waals surface area contributed by atoms with Crippen molar-refractivity contribution in [2.45, 2.75) is 11.2 Å². The lowest BCUT2D eigenvalue weighted by molar-refractivity contribution is -0.137. The van der Waals surface area contributed by atoms with E-state index < -0.39 is 17.6 Å². The molecule has 2 aromatic carbocycles. The van der Waals surface area contributed by atoms with Crippen LogP contribution in [0.25, 0.3) is 17.0 Å². The van der Waals surface area contributed by atoms with Crippen LogP contribution in [-0.2, 0) is 11.0 Å². The Bertz CT molecular complexity index is 1310. The first-order chi connectivity index (χ1) is 15.7. The van der Waals surface area contributed by atoms with E-state index in [0.29, 0.717) is 22.1 Å². The van der Waals surface area contributed by atoms with Crippen LogP contribution in [0.4, 0.5) is 23.2 Å². The lowest BCUT2D eigenvalue weighted by atomic mass is 10.2. The van der Waals surface area contributed by atoms with Crippen LogP contribution < -0.4 is 10.1 Å². The zero-order valence-electron chi connectivity index (χ0n) is 16.9. The summed E-state index contributed by atoms with van der Waals surface area (Å²) in [6, 6.07) is 11.8. The Kier molecular flexibility index (Phi) is 6.18. The lowest BCUT2D eigenvalue weighted by Crippen LogP contribution is -2.16. The molecule has 4 aromatic rings. The highest BCUT2D eigenvalue weighted by Gasteiger charge is 2.31. The molecule has 0 atom stereocenters. The van der Waals surface area contributed by atoms with E-state index in [1.54, 1.807) is 24.3 Å². The average Bonchev–Trinajstić information content (AvgIpc) is 3.21. The van der Waals surface area contributed by atoms with Crippen molar-refractivity contribution in [1.29, 1.82) is 0 Å². The minimum atomic E-state index is -4.55. The molecule has 1 amide bonds. The van der Waals surface area contributed by atoms with Gasteiger partial charge >= 0.3 is 6.18 Å². The Morgan fingerprint density at radius 2 is 1.85 bits per heavy atom. The molecule has 1 N–H and O–H groups in total. The average molecular weight is 477 g/mol. The standard InChI is InChI=1S/C21H15F4N5O2S/c1-32-16-7-4-13(21(23,24)25)10-15(16)26-18(31)11-33-19-9-8-17-27-28-20(30(17)29-19)12-2-5-14(22)6-3-12/h2-10H,11H2,1H3,(H,26,31). The van der Waals surface area contributed by atoms with Gasteiger partial charge in [0.25, 0.3) is 0 Å². The molecule has 0 unspecified atom stereocenters. The summed E-state index contributed by atoms with van der Waals surface area (Å²) in [5.41, 5.74) is 0.0720. The molecule has 33 heavy (non-hydrogen) atoms. The van der Waals surface area contributed by atoms with Gasteiger partial charge < -0.3 is 10.1 Å². The zero-order chi connectivity index (χ0) is 23.6. The number of ether oxygens (including phenoxy) is 1. The Labute approximate surface area is 188 Å². The summed E-state index contributed by atoms with van der Waals surface area (Å²) in [7, 11) is 1.30. The molecular formula is C21H15F4N5O2S. The van der Waals surface area contributed by atoms with Crippen molar-refractivity contribution in [2.24, 2.45) is 0 Å². The number of benzene rings is 2. The Hall–Kier alpha value is -3.67. The van der Waals surface area contributed by atoms with E-state index in [4.69, 9.17) is 4.74 Å². The first-order valence-corrected chi connectivity index (χ1v) is 10.4. The normalized spacial score (nSPS) is 11.5. The number of anilines is 1. The number of methoxy groups -OCH3 is 1. The zero-order valence-corrected chi connectivity index (χ0v) is 17.7. The number of nitrogens with zero attached hydrogens (tertiary/aromatic N) is 4. The summed E-state index contributed by atoms with van der Waals surface area (Å²) in [4.78, 5) is 12.4. The molecule has 4 rings (SSSR count). The number of amides is 1. The van der Waals surface area contributed by atoms with E-state index in [0.717, 1.165) is 30.0 Å². The van der Waals surface area contributed by atoms with Crippen LogP contribution in [0.5, 0.6) is 5.75 Å². The topological polar surface area (TPSA) is 81.4 Å². The van der Waals surface area contributed by atoms with Crippen molar-refractivity contribution in [3.8, 4) is 17.1 Å². The molecule has 0 aliphatic heterocycles. The maximum absolute atomic E-state index is 13.2. The van der Waals surface area contributed by atoms with E-state index in [1.165, 1.54) is 23.8 Å². The Morgan fingerprint density at radius 3 is 2.55 bits per heavy atom. The number of fused-ring (bicyclic) bond motifs is 1. The van der Waals surface area contributed by atoms with Crippen molar-refractivity contribution >= 4 is 29.0 Å². The minimum Gasteiger partial charge on any atom is -0.495 e. The molecule has 0 saturated carbocycles. The van der Waals surface area contributed by atoms with Gasteiger partial charge in [-0.15, -0.1) is 10.2 Å². The van der Waals surface area contributed by atoms with Crippen LogP contribution in [0.3, 0.4) is 0 Å². The fourth-order valence-corrected chi connectivity index (χ4v) is 3.59. The number of alkyl halides is 3. The van der Waals surface area contributed by atoms with E-state index in [2.05, 4.69) is 20.6 Å². The predicted molar refractivity (Wildman–Crippen MR) is 114 cm³/mol. The fourth-order valence-electron chi connectivity index (χ4n) is 2.94. The molecule has 7 nitrogen and oxygen atoms in total. The van der Waals surface area contributed by atoms with Crippen LogP contribution in [0, 0.1) is 5.82 Å².